The minimum atomic E-state index is -4.73. The van der Waals surface area contributed by atoms with E-state index in [-0.39, 0.29) is 11.0 Å². The lowest BCUT2D eigenvalue weighted by atomic mass is 10.1. The van der Waals surface area contributed by atoms with Crippen LogP contribution in [0.2, 0.25) is 0 Å². The van der Waals surface area contributed by atoms with Gasteiger partial charge in [0.25, 0.3) is 11.3 Å². The second-order valence-corrected chi connectivity index (χ2v) is 4.85. The molecule has 1 aromatic carbocycles. The number of nitro benzene ring substituents is 1. The van der Waals surface area contributed by atoms with Crippen molar-refractivity contribution in [2.45, 2.75) is 39.4 Å². The molecule has 0 amide bonds. The zero-order valence-corrected chi connectivity index (χ0v) is 12.0. The first-order valence-corrected chi connectivity index (χ1v) is 6.74. The number of benzene rings is 1. The summed E-state index contributed by atoms with van der Waals surface area (Å²) >= 11 is 0. The number of non-ortho nitro benzene ring substituents is 1. The number of aromatic nitrogens is 2. The molecule has 1 aromatic heterocycles. The van der Waals surface area contributed by atoms with Crippen molar-refractivity contribution in [3.05, 3.63) is 33.6 Å². The van der Waals surface area contributed by atoms with Crippen molar-refractivity contribution in [3.8, 4) is 0 Å². The van der Waals surface area contributed by atoms with Crippen LogP contribution in [0.4, 0.5) is 18.9 Å². The summed E-state index contributed by atoms with van der Waals surface area (Å²) in [6.07, 6.45) is -3.79. The lowest BCUT2D eigenvalue weighted by Crippen LogP contribution is -2.38. The molecule has 120 valence electrons. The van der Waals surface area contributed by atoms with Crippen LogP contribution in [0.3, 0.4) is 0 Å². The molecule has 6 nitrogen and oxygen atoms in total. The topological polar surface area (TPSA) is 72.2 Å². The molecule has 0 saturated heterocycles. The molecule has 1 heterocycles. The third-order valence-corrected chi connectivity index (χ3v) is 3.41. The Morgan fingerprint density at radius 3 is 2.45 bits per heavy atom. The molecule has 9 heteroatoms. The van der Waals surface area contributed by atoms with Crippen LogP contribution in [-0.2, 0) is 19.1 Å². The van der Waals surface area contributed by atoms with Crippen LogP contribution >= 0.6 is 0 Å². The molecule has 0 fully saturated rings. The Labute approximate surface area is 123 Å². The molecule has 2 rings (SSSR count). The standard InChI is InChI=1S/C13H15F3N3O3/c1-3-5-17-11(4-2)18(20)9-6-8(13(14,15)16)7-10(12(9)17)19(21)22/h6-7,20H,3-5H2,1-2H3/q+1. The number of hydrogen-bond donors (Lipinski definition) is 1. The summed E-state index contributed by atoms with van der Waals surface area (Å²) < 4.78 is 40.8. The van der Waals surface area contributed by atoms with Gasteiger partial charge in [-0.25, -0.2) is 4.57 Å². The van der Waals surface area contributed by atoms with Crippen LogP contribution in [0.5, 0.6) is 0 Å². The van der Waals surface area contributed by atoms with E-state index in [4.69, 9.17) is 0 Å². The van der Waals surface area contributed by atoms with E-state index in [0.29, 0.717) is 36.0 Å². The Morgan fingerprint density at radius 2 is 2.00 bits per heavy atom. The molecule has 0 aliphatic rings. The van der Waals surface area contributed by atoms with E-state index in [1.165, 1.54) is 4.57 Å². The van der Waals surface area contributed by atoms with Gasteiger partial charge in [0.15, 0.2) is 0 Å². The van der Waals surface area contributed by atoms with Crippen LogP contribution in [-0.4, -0.2) is 14.9 Å². The zero-order chi connectivity index (χ0) is 16.7. The smallest absolute Gasteiger partial charge is 0.349 e. The molecule has 2 aromatic rings. The molecule has 0 bridgehead atoms. The summed E-state index contributed by atoms with van der Waals surface area (Å²) in [5.74, 6) is 0.319. The van der Waals surface area contributed by atoms with Crippen molar-refractivity contribution in [3.63, 3.8) is 0 Å². The predicted molar refractivity (Wildman–Crippen MR) is 70.6 cm³/mol. The van der Waals surface area contributed by atoms with Crippen molar-refractivity contribution in [2.24, 2.45) is 0 Å². The van der Waals surface area contributed by atoms with Gasteiger partial charge in [-0.2, -0.15) is 13.2 Å². The number of nitro groups is 1. The quantitative estimate of drug-likeness (QED) is 0.407. The van der Waals surface area contributed by atoms with Crippen molar-refractivity contribution in [1.29, 1.82) is 0 Å². The fourth-order valence-corrected chi connectivity index (χ4v) is 2.53. The van der Waals surface area contributed by atoms with Crippen molar-refractivity contribution in [1.82, 2.24) is 4.73 Å². The zero-order valence-electron chi connectivity index (χ0n) is 12.0. The maximum Gasteiger partial charge on any atom is 0.416 e. The molecule has 0 aliphatic heterocycles. The monoisotopic (exact) mass is 318 g/mol. The molecule has 1 N–H and O–H groups in total. The van der Waals surface area contributed by atoms with Gasteiger partial charge in [-0.3, -0.25) is 10.1 Å². The van der Waals surface area contributed by atoms with Crippen LogP contribution in [0, 0.1) is 10.1 Å². The van der Waals surface area contributed by atoms with Gasteiger partial charge in [0, 0.05) is 12.1 Å². The normalized spacial score (nSPS) is 12.0. The lowest BCUT2D eigenvalue weighted by Gasteiger charge is -2.05. The highest BCUT2D eigenvalue weighted by Gasteiger charge is 2.38. The second kappa shape index (κ2) is 5.47. The van der Waals surface area contributed by atoms with Gasteiger partial charge in [-0.05, 0) is 11.2 Å². The fourth-order valence-electron chi connectivity index (χ4n) is 2.53. The number of aryl methyl sites for hydroxylation is 1. The van der Waals surface area contributed by atoms with E-state index in [0.717, 1.165) is 6.07 Å². The van der Waals surface area contributed by atoms with Crippen molar-refractivity contribution < 1.29 is 27.9 Å². The van der Waals surface area contributed by atoms with Crippen molar-refractivity contribution >= 4 is 16.7 Å². The van der Waals surface area contributed by atoms with E-state index < -0.39 is 22.4 Å². The maximum absolute atomic E-state index is 12.9. The molecule has 0 saturated carbocycles. The van der Waals surface area contributed by atoms with Gasteiger partial charge in [0.05, 0.1) is 23.5 Å². The Balaban J connectivity index is 2.94. The van der Waals surface area contributed by atoms with Gasteiger partial charge >= 0.3 is 11.9 Å². The summed E-state index contributed by atoms with van der Waals surface area (Å²) in [6.45, 7) is 3.91. The average Bonchev–Trinajstić information content (AvgIpc) is 2.70. The summed E-state index contributed by atoms with van der Waals surface area (Å²) in [7, 11) is 0. The number of rotatable bonds is 4. The number of alkyl halides is 3. The third-order valence-electron chi connectivity index (χ3n) is 3.41. The van der Waals surface area contributed by atoms with E-state index in [9.17, 15) is 28.5 Å². The Hall–Kier alpha value is -2.32. The number of fused-ring (bicyclic) bond motifs is 1. The fraction of sp³-hybridized carbons (Fsp3) is 0.462. The number of hydrogen-bond acceptors (Lipinski definition) is 3. The molecule has 0 atom stereocenters. The first-order valence-electron chi connectivity index (χ1n) is 6.74. The van der Waals surface area contributed by atoms with Crippen LogP contribution < -0.4 is 4.57 Å². The SMILES string of the molecule is CCC[n+]1c(CC)n(O)c2cc(C(F)(F)F)cc([N+](=O)[O-])c21. The van der Waals surface area contributed by atoms with E-state index in [2.05, 4.69) is 0 Å². The van der Waals surface area contributed by atoms with Gasteiger partial charge in [-0.1, -0.05) is 13.8 Å². The minimum Gasteiger partial charge on any atom is -0.349 e. The second-order valence-electron chi connectivity index (χ2n) is 4.85. The molecule has 0 unspecified atom stereocenters. The first kappa shape index (κ1) is 16.1. The summed E-state index contributed by atoms with van der Waals surface area (Å²) in [5.41, 5.74) is -2.04. The average molecular weight is 318 g/mol. The molecule has 0 aliphatic carbocycles. The van der Waals surface area contributed by atoms with E-state index in [1.54, 1.807) is 6.92 Å². The minimum absolute atomic E-state index is 0.000741. The van der Waals surface area contributed by atoms with Gasteiger partial charge < -0.3 is 5.21 Å². The summed E-state index contributed by atoms with van der Waals surface area (Å²) in [4.78, 5) is 10.3. The lowest BCUT2D eigenvalue weighted by molar-refractivity contribution is -0.682. The highest BCUT2D eigenvalue weighted by Crippen LogP contribution is 2.35. The molecular formula is C13H15F3N3O3+. The van der Waals surface area contributed by atoms with Crippen LogP contribution in [0.15, 0.2) is 12.1 Å². The van der Waals surface area contributed by atoms with Crippen molar-refractivity contribution in [2.75, 3.05) is 0 Å². The summed E-state index contributed by atoms with van der Waals surface area (Å²) in [5, 5.41) is 21.3. The van der Waals surface area contributed by atoms with Gasteiger partial charge in [-0.15, -0.1) is 0 Å². The third kappa shape index (κ3) is 2.46. The highest BCUT2D eigenvalue weighted by atomic mass is 19.4. The first-order chi connectivity index (χ1) is 10.2. The Morgan fingerprint density at radius 1 is 1.36 bits per heavy atom. The highest BCUT2D eigenvalue weighted by molar-refractivity contribution is 5.83. The number of nitrogens with zero attached hydrogens (tertiary/aromatic N) is 3. The molecule has 22 heavy (non-hydrogen) atoms. The Kier molecular flexibility index (Phi) is 3.99. The molecule has 0 radical (unpaired) electrons. The maximum atomic E-state index is 12.9. The molecule has 0 spiro atoms. The van der Waals surface area contributed by atoms with Gasteiger partial charge in [0.1, 0.15) is 0 Å². The van der Waals surface area contributed by atoms with E-state index in [1.807, 2.05) is 6.92 Å². The van der Waals surface area contributed by atoms with E-state index >= 15 is 0 Å². The molecular weight excluding hydrogens is 303 g/mol. The Bertz CT molecular complexity index is 738. The number of imidazole rings is 1. The number of halogens is 3. The van der Waals surface area contributed by atoms with Crippen LogP contribution in [0.25, 0.3) is 11.0 Å². The largest absolute Gasteiger partial charge is 0.416 e. The van der Waals surface area contributed by atoms with Gasteiger partial charge in [0.2, 0.25) is 5.52 Å². The predicted octanol–water partition coefficient (Wildman–Crippen LogP) is 3.07. The van der Waals surface area contributed by atoms with Crippen LogP contribution in [0.1, 0.15) is 31.7 Å². The summed E-state index contributed by atoms with van der Waals surface area (Å²) in [6, 6.07) is 1.24.